The molecule has 210 valence electrons. The molecule has 0 aliphatic heterocycles. The number of rotatable bonds is 17. The van der Waals surface area contributed by atoms with Crippen LogP contribution in [0.15, 0.2) is 42.5 Å². The summed E-state index contributed by atoms with van der Waals surface area (Å²) in [7, 11) is 0. The number of carbonyl (C=O) groups is 1. The zero-order valence-electron chi connectivity index (χ0n) is 23.5. The lowest BCUT2D eigenvalue weighted by molar-refractivity contribution is 0.0734. The van der Waals surface area contributed by atoms with Gasteiger partial charge < -0.3 is 14.2 Å². The molecule has 1 fully saturated rings. The first-order valence-electron chi connectivity index (χ1n) is 15.0. The van der Waals surface area contributed by atoms with Crippen molar-refractivity contribution in [3.63, 3.8) is 0 Å². The fraction of sp³-hybridized carbons (Fsp3) is 0.606. The van der Waals surface area contributed by atoms with Gasteiger partial charge in [-0.1, -0.05) is 84.5 Å². The first-order valence-corrected chi connectivity index (χ1v) is 15.0. The van der Waals surface area contributed by atoms with Crippen LogP contribution in [-0.4, -0.2) is 19.2 Å². The van der Waals surface area contributed by atoms with Crippen LogP contribution in [0.3, 0.4) is 0 Å². The lowest BCUT2D eigenvalue weighted by Crippen LogP contribution is -2.15. The first-order chi connectivity index (χ1) is 18.6. The van der Waals surface area contributed by atoms with Gasteiger partial charge in [-0.25, -0.2) is 9.18 Å². The second-order valence-electron chi connectivity index (χ2n) is 10.8. The number of unbranched alkanes of at least 4 members (excludes halogenated alkanes) is 5. The smallest absolute Gasteiger partial charge is 0.343 e. The maximum Gasteiger partial charge on any atom is 0.343 e. The fourth-order valence-electron chi connectivity index (χ4n) is 5.36. The molecule has 1 aliphatic rings. The van der Waals surface area contributed by atoms with Crippen molar-refractivity contribution >= 4 is 5.97 Å². The molecule has 3 rings (SSSR count). The average molecular weight is 527 g/mol. The van der Waals surface area contributed by atoms with E-state index < -0.39 is 11.8 Å². The summed E-state index contributed by atoms with van der Waals surface area (Å²) in [6, 6.07) is 11.2. The highest BCUT2D eigenvalue weighted by Gasteiger charge is 2.20. The summed E-state index contributed by atoms with van der Waals surface area (Å²) < 4.78 is 31.3. The Kier molecular flexibility index (Phi) is 13.5. The van der Waals surface area contributed by atoms with Crippen LogP contribution < -0.4 is 14.2 Å². The third-order valence-electron chi connectivity index (χ3n) is 7.65. The molecular formula is C33H47FO4. The molecule has 1 aliphatic carbocycles. The Balaban J connectivity index is 1.34. The van der Waals surface area contributed by atoms with Gasteiger partial charge in [-0.2, -0.15) is 0 Å². The Bertz CT molecular complexity index is 935. The monoisotopic (exact) mass is 526 g/mol. The Hall–Kier alpha value is -2.56. The van der Waals surface area contributed by atoms with Gasteiger partial charge in [0.25, 0.3) is 0 Å². The molecule has 0 bridgehead atoms. The second-order valence-corrected chi connectivity index (χ2v) is 10.8. The molecule has 4 nitrogen and oxygen atoms in total. The summed E-state index contributed by atoms with van der Waals surface area (Å²) in [5, 5.41) is 0. The molecular weight excluding hydrogens is 479 g/mol. The molecule has 0 amide bonds. The Morgan fingerprint density at radius 2 is 1.37 bits per heavy atom. The molecule has 0 atom stereocenters. The van der Waals surface area contributed by atoms with Gasteiger partial charge in [-0.05, 0) is 73.6 Å². The maximum absolute atomic E-state index is 14.4. The summed E-state index contributed by atoms with van der Waals surface area (Å²) in [5.41, 5.74) is 0.151. The Morgan fingerprint density at radius 3 is 2.05 bits per heavy atom. The van der Waals surface area contributed by atoms with Crippen molar-refractivity contribution in [2.75, 3.05) is 13.2 Å². The predicted molar refractivity (Wildman–Crippen MR) is 152 cm³/mol. The van der Waals surface area contributed by atoms with Gasteiger partial charge in [0, 0.05) is 0 Å². The minimum absolute atomic E-state index is 0.151. The van der Waals surface area contributed by atoms with E-state index >= 15 is 0 Å². The molecule has 0 spiro atoms. The maximum atomic E-state index is 14.4. The zero-order valence-corrected chi connectivity index (χ0v) is 23.5. The minimum Gasteiger partial charge on any atom is -0.494 e. The molecule has 0 heterocycles. The molecule has 5 heteroatoms. The van der Waals surface area contributed by atoms with E-state index in [2.05, 4.69) is 13.8 Å². The lowest BCUT2D eigenvalue weighted by atomic mass is 9.78. The van der Waals surface area contributed by atoms with E-state index in [1.807, 2.05) is 0 Å². The van der Waals surface area contributed by atoms with E-state index in [1.165, 1.54) is 88.8 Å². The van der Waals surface area contributed by atoms with E-state index in [4.69, 9.17) is 14.2 Å². The van der Waals surface area contributed by atoms with Crippen molar-refractivity contribution in [3.05, 3.63) is 53.8 Å². The van der Waals surface area contributed by atoms with E-state index in [1.54, 1.807) is 24.3 Å². The molecule has 0 saturated heterocycles. The number of halogens is 1. The zero-order chi connectivity index (χ0) is 27.0. The average Bonchev–Trinajstić information content (AvgIpc) is 2.93. The summed E-state index contributed by atoms with van der Waals surface area (Å²) in [5.74, 6) is 1.97. The summed E-state index contributed by atoms with van der Waals surface area (Å²) in [6.07, 6.45) is 17.4. The van der Waals surface area contributed by atoms with Gasteiger partial charge in [0.05, 0.1) is 18.8 Å². The van der Waals surface area contributed by atoms with Crippen molar-refractivity contribution in [2.45, 2.75) is 104 Å². The molecule has 0 radical (unpaired) electrons. The Labute approximate surface area is 229 Å². The largest absolute Gasteiger partial charge is 0.494 e. The van der Waals surface area contributed by atoms with E-state index in [9.17, 15) is 9.18 Å². The highest BCUT2D eigenvalue weighted by Crippen LogP contribution is 2.33. The number of benzene rings is 2. The quantitative estimate of drug-likeness (QED) is 0.117. The standard InChI is InChI=1S/C33H47FO4/c1-3-5-6-7-8-9-23-37-32-22-17-28(25-31(32)34)33(35)38-30-20-18-29(19-21-30)36-24-10-12-27-15-13-26(11-4-2)14-16-27/h17-22,25-27H,3-16,23-24H2,1-2H3. The molecule has 1 saturated carbocycles. The number of esters is 1. The predicted octanol–water partition coefficient (Wildman–Crippen LogP) is 9.55. The van der Waals surface area contributed by atoms with E-state index in [0.29, 0.717) is 19.0 Å². The van der Waals surface area contributed by atoms with Crippen LogP contribution in [0.2, 0.25) is 0 Å². The number of carbonyl (C=O) groups excluding carboxylic acids is 1. The normalized spacial score (nSPS) is 17.2. The van der Waals surface area contributed by atoms with Crippen molar-refractivity contribution < 1.29 is 23.4 Å². The van der Waals surface area contributed by atoms with Crippen molar-refractivity contribution in [3.8, 4) is 17.2 Å². The van der Waals surface area contributed by atoms with Crippen LogP contribution in [0.4, 0.5) is 4.39 Å². The molecule has 38 heavy (non-hydrogen) atoms. The van der Waals surface area contributed by atoms with Gasteiger partial charge >= 0.3 is 5.97 Å². The first kappa shape index (κ1) is 30.0. The summed E-state index contributed by atoms with van der Waals surface area (Å²) in [4.78, 5) is 12.5. The molecule has 2 aromatic carbocycles. The number of hydrogen-bond donors (Lipinski definition) is 0. The topological polar surface area (TPSA) is 44.8 Å². The van der Waals surface area contributed by atoms with Crippen molar-refractivity contribution in [2.24, 2.45) is 11.8 Å². The van der Waals surface area contributed by atoms with Crippen LogP contribution in [0, 0.1) is 17.7 Å². The fourth-order valence-corrected chi connectivity index (χ4v) is 5.36. The third-order valence-corrected chi connectivity index (χ3v) is 7.65. The van der Waals surface area contributed by atoms with Crippen LogP contribution in [0.1, 0.15) is 114 Å². The van der Waals surface area contributed by atoms with Crippen LogP contribution in [0.25, 0.3) is 0 Å². The van der Waals surface area contributed by atoms with Crippen LogP contribution in [-0.2, 0) is 0 Å². The minimum atomic E-state index is -0.603. The van der Waals surface area contributed by atoms with Crippen molar-refractivity contribution in [1.29, 1.82) is 0 Å². The van der Waals surface area contributed by atoms with Crippen LogP contribution >= 0.6 is 0 Å². The number of hydrogen-bond acceptors (Lipinski definition) is 4. The Morgan fingerprint density at radius 1 is 0.737 bits per heavy atom. The molecule has 0 N–H and O–H groups in total. The molecule has 0 unspecified atom stereocenters. The van der Waals surface area contributed by atoms with E-state index in [-0.39, 0.29) is 11.3 Å². The van der Waals surface area contributed by atoms with Gasteiger partial charge in [-0.3, -0.25) is 0 Å². The number of ether oxygens (including phenoxy) is 3. The van der Waals surface area contributed by atoms with Gasteiger partial charge in [0.1, 0.15) is 11.5 Å². The third kappa shape index (κ3) is 10.7. The SMILES string of the molecule is CCCCCCCCOc1ccc(C(=O)Oc2ccc(OCCCC3CCC(CCC)CC3)cc2)cc1F. The van der Waals surface area contributed by atoms with Crippen molar-refractivity contribution in [1.82, 2.24) is 0 Å². The highest BCUT2D eigenvalue weighted by atomic mass is 19.1. The summed E-state index contributed by atoms with van der Waals surface area (Å²) in [6.45, 7) is 5.65. The lowest BCUT2D eigenvalue weighted by Gasteiger charge is -2.28. The van der Waals surface area contributed by atoms with Gasteiger partial charge in [0.15, 0.2) is 11.6 Å². The van der Waals surface area contributed by atoms with Crippen LogP contribution in [0.5, 0.6) is 17.2 Å². The highest BCUT2D eigenvalue weighted by molar-refractivity contribution is 5.91. The van der Waals surface area contributed by atoms with Gasteiger partial charge in [0.2, 0.25) is 0 Å². The molecule has 2 aromatic rings. The second kappa shape index (κ2) is 17.1. The van der Waals surface area contributed by atoms with Gasteiger partial charge in [-0.15, -0.1) is 0 Å². The summed E-state index contributed by atoms with van der Waals surface area (Å²) >= 11 is 0. The van der Waals surface area contributed by atoms with E-state index in [0.717, 1.165) is 36.8 Å². The molecule has 0 aromatic heterocycles.